The number of carbonyl (C=O) groups is 2. The highest BCUT2D eigenvalue weighted by Gasteiger charge is 2.59. The van der Waals surface area contributed by atoms with Crippen LogP contribution in [0.4, 0.5) is 0 Å². The lowest BCUT2D eigenvalue weighted by Crippen LogP contribution is -2.69. The second-order valence-corrected chi connectivity index (χ2v) is 5.95. The third-order valence-corrected chi connectivity index (χ3v) is 4.44. The summed E-state index contributed by atoms with van der Waals surface area (Å²) in [6.07, 6.45) is -9.51. The highest BCUT2D eigenvalue weighted by molar-refractivity contribution is 5.96. The molecule has 7 N–H and O–H groups in total. The molecule has 2 amide bonds. The fourth-order valence-corrected chi connectivity index (χ4v) is 2.83. The van der Waals surface area contributed by atoms with Crippen molar-refractivity contribution in [2.24, 2.45) is 5.73 Å². The van der Waals surface area contributed by atoms with Gasteiger partial charge >= 0.3 is 0 Å². The van der Waals surface area contributed by atoms with Gasteiger partial charge in [0.1, 0.15) is 30.2 Å². The topological polar surface area (TPSA) is 192 Å². The van der Waals surface area contributed by atoms with E-state index in [1.807, 2.05) is 0 Å². The highest BCUT2D eigenvalue weighted by atomic mass is 16.7. The predicted octanol–water partition coefficient (Wildman–Crippen LogP) is -4.65. The van der Waals surface area contributed by atoms with Gasteiger partial charge in [-0.05, 0) is 0 Å². The molecule has 0 aromatic heterocycles. The number of hydrogen-bond donors (Lipinski definition) is 6. The standard InChI is InChI=1S/C14H22N2O10/c1-16-7(18)3-6(24-2)14(12(15)22,13(16)23)26-11-10(21)9(20)8(19)5(4-17)25-11/h3,5,8-11,13,17,19-21,23H,4H2,1-2H3,(H2,15,22)/t5-,8-,9+,10-,11+,13+,14+/m1/s1. The van der Waals surface area contributed by atoms with E-state index in [1.54, 1.807) is 0 Å². The number of likely N-dealkylation sites (N-methyl/N-ethyl adjacent to an activating group) is 1. The minimum atomic E-state index is -2.47. The van der Waals surface area contributed by atoms with Crippen LogP contribution in [0.3, 0.4) is 0 Å². The third kappa shape index (κ3) is 3.05. The second-order valence-electron chi connectivity index (χ2n) is 5.95. The summed E-state index contributed by atoms with van der Waals surface area (Å²) in [5.41, 5.74) is 2.91. The molecule has 12 nitrogen and oxygen atoms in total. The van der Waals surface area contributed by atoms with E-state index >= 15 is 0 Å². The molecule has 0 aromatic rings. The monoisotopic (exact) mass is 378 g/mol. The summed E-state index contributed by atoms with van der Waals surface area (Å²) in [7, 11) is 2.27. The molecule has 0 unspecified atom stereocenters. The van der Waals surface area contributed by atoms with E-state index in [0.717, 1.165) is 18.1 Å². The van der Waals surface area contributed by atoms with Crippen LogP contribution in [-0.4, -0.2) is 106 Å². The summed E-state index contributed by atoms with van der Waals surface area (Å²) in [5, 5.41) is 49.4. The molecule has 26 heavy (non-hydrogen) atoms. The van der Waals surface area contributed by atoms with Crippen LogP contribution in [0.2, 0.25) is 0 Å². The maximum atomic E-state index is 12.2. The number of carbonyl (C=O) groups excluding carboxylic acids is 2. The molecule has 0 saturated carbocycles. The summed E-state index contributed by atoms with van der Waals surface area (Å²) >= 11 is 0. The first kappa shape index (κ1) is 20.5. The minimum Gasteiger partial charge on any atom is -0.497 e. The van der Waals surface area contributed by atoms with Crippen LogP contribution >= 0.6 is 0 Å². The fourth-order valence-electron chi connectivity index (χ4n) is 2.83. The van der Waals surface area contributed by atoms with E-state index in [9.17, 15) is 35.1 Å². The van der Waals surface area contributed by atoms with Gasteiger partial charge in [-0.25, -0.2) is 0 Å². The van der Waals surface area contributed by atoms with Gasteiger partial charge in [-0.2, -0.15) is 0 Å². The van der Waals surface area contributed by atoms with Gasteiger partial charge in [-0.1, -0.05) is 0 Å². The van der Waals surface area contributed by atoms with Gasteiger partial charge in [0.15, 0.2) is 12.5 Å². The van der Waals surface area contributed by atoms with Crippen molar-refractivity contribution in [3.63, 3.8) is 0 Å². The van der Waals surface area contributed by atoms with E-state index in [4.69, 9.17) is 19.9 Å². The first-order valence-corrected chi connectivity index (χ1v) is 7.61. The quantitative estimate of drug-likeness (QED) is 0.271. The average molecular weight is 378 g/mol. The van der Waals surface area contributed by atoms with Gasteiger partial charge in [0.2, 0.25) is 0 Å². The van der Waals surface area contributed by atoms with E-state index in [0.29, 0.717) is 0 Å². The number of aliphatic hydroxyl groups excluding tert-OH is 5. The summed E-state index contributed by atoms with van der Waals surface area (Å²) in [5.74, 6) is -2.42. The molecule has 0 radical (unpaired) electrons. The van der Waals surface area contributed by atoms with Gasteiger partial charge in [0.25, 0.3) is 17.4 Å². The normalized spacial score (nSPS) is 41.0. The number of nitrogens with two attached hydrogens (primary N) is 1. The number of amides is 2. The van der Waals surface area contributed by atoms with E-state index in [-0.39, 0.29) is 0 Å². The Morgan fingerprint density at radius 2 is 1.92 bits per heavy atom. The Labute approximate surface area is 148 Å². The van der Waals surface area contributed by atoms with E-state index < -0.39 is 66.7 Å². The first-order valence-electron chi connectivity index (χ1n) is 7.61. The van der Waals surface area contributed by atoms with Crippen molar-refractivity contribution in [3.05, 3.63) is 11.8 Å². The highest BCUT2D eigenvalue weighted by Crippen LogP contribution is 2.36. The van der Waals surface area contributed by atoms with Gasteiger partial charge in [-0.3, -0.25) is 9.59 Å². The van der Waals surface area contributed by atoms with Gasteiger partial charge < -0.3 is 50.4 Å². The predicted molar refractivity (Wildman–Crippen MR) is 80.6 cm³/mol. The molecule has 0 aromatic carbocycles. The molecule has 2 aliphatic heterocycles. The van der Waals surface area contributed by atoms with Gasteiger partial charge in [-0.15, -0.1) is 0 Å². The molecular formula is C14H22N2O10. The summed E-state index contributed by atoms with van der Waals surface area (Å²) in [6.45, 7) is -0.734. The van der Waals surface area contributed by atoms with Crippen LogP contribution in [0, 0.1) is 0 Å². The van der Waals surface area contributed by atoms with Crippen molar-refractivity contribution in [1.82, 2.24) is 4.90 Å². The van der Waals surface area contributed by atoms with Gasteiger partial charge in [0.05, 0.1) is 13.7 Å². The zero-order valence-corrected chi connectivity index (χ0v) is 14.1. The Hall–Kier alpha value is -1.80. The number of ether oxygens (including phenoxy) is 3. The Kier molecular flexibility index (Phi) is 5.87. The second kappa shape index (κ2) is 7.44. The maximum Gasteiger partial charge on any atom is 0.262 e. The number of rotatable bonds is 5. The number of hydrogen-bond acceptors (Lipinski definition) is 10. The Balaban J connectivity index is 2.45. The Bertz CT molecular complexity index is 596. The number of aliphatic hydroxyl groups is 5. The van der Waals surface area contributed by atoms with Crippen LogP contribution < -0.4 is 5.73 Å². The molecule has 0 spiro atoms. The van der Waals surface area contributed by atoms with Crippen molar-refractivity contribution in [3.8, 4) is 0 Å². The fraction of sp³-hybridized carbons (Fsp3) is 0.714. The number of methoxy groups -OCH3 is 1. The van der Waals surface area contributed by atoms with Gasteiger partial charge in [0, 0.05) is 13.1 Å². The van der Waals surface area contributed by atoms with Crippen LogP contribution in [0.5, 0.6) is 0 Å². The van der Waals surface area contributed by atoms with Crippen LogP contribution in [0.1, 0.15) is 0 Å². The molecule has 2 rings (SSSR count). The molecule has 7 atom stereocenters. The third-order valence-electron chi connectivity index (χ3n) is 4.44. The average Bonchev–Trinajstić information content (AvgIpc) is 2.61. The van der Waals surface area contributed by atoms with Crippen molar-refractivity contribution in [2.45, 2.75) is 42.5 Å². The number of primary amides is 1. The Morgan fingerprint density at radius 1 is 1.31 bits per heavy atom. The summed E-state index contributed by atoms with van der Waals surface area (Å²) in [4.78, 5) is 24.8. The summed E-state index contributed by atoms with van der Waals surface area (Å²) < 4.78 is 15.6. The molecule has 2 aliphatic rings. The van der Waals surface area contributed by atoms with Crippen molar-refractivity contribution in [1.29, 1.82) is 0 Å². The zero-order valence-electron chi connectivity index (χ0n) is 14.1. The lowest BCUT2D eigenvalue weighted by molar-refractivity contribution is -0.333. The minimum absolute atomic E-state index is 0.447. The van der Waals surface area contributed by atoms with Crippen molar-refractivity contribution >= 4 is 11.8 Å². The zero-order chi connectivity index (χ0) is 19.8. The first-order chi connectivity index (χ1) is 12.1. The lowest BCUT2D eigenvalue weighted by atomic mass is 9.92. The molecular weight excluding hydrogens is 356 g/mol. The van der Waals surface area contributed by atoms with Crippen LogP contribution in [0.25, 0.3) is 0 Å². The Morgan fingerprint density at radius 3 is 2.42 bits per heavy atom. The van der Waals surface area contributed by atoms with Crippen molar-refractivity contribution in [2.75, 3.05) is 20.8 Å². The SMILES string of the molecule is COC1=CC(=O)N(C)[C@@H](O)[C@@]1(O[C@@H]1O[C@H](CO)[C@@H](O)[C@H](O)[C@H]1O)C(N)=O. The number of nitrogens with zero attached hydrogens (tertiary/aromatic N) is 1. The molecule has 1 fully saturated rings. The van der Waals surface area contributed by atoms with Crippen molar-refractivity contribution < 1.29 is 49.3 Å². The molecule has 0 aliphatic carbocycles. The smallest absolute Gasteiger partial charge is 0.262 e. The molecule has 1 saturated heterocycles. The van der Waals surface area contributed by atoms with Crippen LogP contribution in [-0.2, 0) is 23.8 Å². The van der Waals surface area contributed by atoms with E-state index in [2.05, 4.69) is 0 Å². The molecule has 12 heteroatoms. The molecule has 0 bridgehead atoms. The van der Waals surface area contributed by atoms with E-state index in [1.165, 1.54) is 7.05 Å². The molecule has 148 valence electrons. The summed E-state index contributed by atoms with van der Waals surface area (Å²) in [6, 6.07) is 0. The lowest BCUT2D eigenvalue weighted by Gasteiger charge is -2.47. The largest absolute Gasteiger partial charge is 0.497 e. The van der Waals surface area contributed by atoms with Crippen LogP contribution in [0.15, 0.2) is 11.8 Å². The molecule has 2 heterocycles. The maximum absolute atomic E-state index is 12.2.